The van der Waals surface area contributed by atoms with Crippen LogP contribution >= 0.6 is 0 Å². The van der Waals surface area contributed by atoms with Crippen molar-refractivity contribution in [3.05, 3.63) is 34.9 Å². The van der Waals surface area contributed by atoms with Gasteiger partial charge < -0.3 is 14.2 Å². The van der Waals surface area contributed by atoms with Crippen molar-refractivity contribution in [1.29, 1.82) is 0 Å². The van der Waals surface area contributed by atoms with E-state index in [0.717, 1.165) is 15.2 Å². The molecule has 4 rings (SSSR count). The molecule has 267 valence electrons. The van der Waals surface area contributed by atoms with Crippen molar-refractivity contribution < 1.29 is 44.2 Å². The molecule has 3 aliphatic heterocycles. The fourth-order valence-electron chi connectivity index (χ4n) is 8.40. The van der Waals surface area contributed by atoms with Crippen LogP contribution in [-0.4, -0.2) is 84.6 Å². The van der Waals surface area contributed by atoms with Crippen LogP contribution in [0.15, 0.2) is 18.2 Å². The molecule has 1 aromatic carbocycles. The summed E-state index contributed by atoms with van der Waals surface area (Å²) < 4.78 is 17.7. The molecule has 0 saturated carbocycles. The summed E-state index contributed by atoms with van der Waals surface area (Å²) >= 11 is 0. The van der Waals surface area contributed by atoms with Crippen LogP contribution in [0.1, 0.15) is 153 Å². The lowest BCUT2D eigenvalue weighted by Crippen LogP contribution is -2.60. The number of hydrogen-bond donors (Lipinski definition) is 0. The van der Waals surface area contributed by atoms with Gasteiger partial charge in [-0.3, -0.25) is 0 Å². The highest BCUT2D eigenvalue weighted by Gasteiger charge is 2.50. The highest BCUT2D eigenvalue weighted by atomic mass is 16.6. The van der Waals surface area contributed by atoms with E-state index >= 15 is 0 Å². The predicted molar refractivity (Wildman–Crippen MR) is 174 cm³/mol. The second kappa shape index (κ2) is 12.6. The molecule has 3 heterocycles. The third kappa shape index (κ3) is 7.89. The summed E-state index contributed by atoms with van der Waals surface area (Å²) in [5.41, 5.74) is -4.81. The zero-order valence-electron chi connectivity index (χ0n) is 30.7. The maximum Gasteiger partial charge on any atom is 0.338 e. The summed E-state index contributed by atoms with van der Waals surface area (Å²) in [6.07, 6.45) is 0.0672. The Balaban J connectivity index is 1.64. The Morgan fingerprint density at radius 2 is 0.604 bits per heavy atom. The van der Waals surface area contributed by atoms with Crippen LogP contribution in [0.25, 0.3) is 0 Å². The van der Waals surface area contributed by atoms with Gasteiger partial charge in [0.15, 0.2) is 0 Å². The van der Waals surface area contributed by atoms with Crippen molar-refractivity contribution >= 4 is 17.9 Å². The summed E-state index contributed by atoms with van der Waals surface area (Å²) in [4.78, 5) is 41.0. The monoisotopic (exact) mass is 672 g/mol. The second-order valence-corrected chi connectivity index (χ2v) is 17.9. The van der Waals surface area contributed by atoms with Crippen LogP contribution in [-0.2, 0) is 29.8 Å². The molecule has 0 bridgehead atoms. The minimum absolute atomic E-state index is 0.0401. The van der Waals surface area contributed by atoms with Crippen LogP contribution in [0, 0.1) is 0 Å². The smallest absolute Gasteiger partial charge is 0.338 e. The molecule has 3 radical (unpaired) electrons. The molecule has 0 atom stereocenters. The van der Waals surface area contributed by atoms with Crippen molar-refractivity contribution in [1.82, 2.24) is 15.2 Å². The lowest BCUT2D eigenvalue weighted by molar-refractivity contribution is -0.298. The maximum atomic E-state index is 13.7. The second-order valence-electron chi connectivity index (χ2n) is 17.9. The van der Waals surface area contributed by atoms with Gasteiger partial charge >= 0.3 is 17.9 Å². The predicted octanol–water partition coefficient (Wildman–Crippen LogP) is 6.26. The molecule has 3 aliphatic rings. The van der Waals surface area contributed by atoms with Gasteiger partial charge in [0.25, 0.3) is 0 Å². The number of benzene rings is 1. The molecule has 0 unspecified atom stereocenters. The lowest BCUT2D eigenvalue weighted by Gasteiger charge is -2.49. The Kier molecular flexibility index (Phi) is 10.0. The Morgan fingerprint density at radius 3 is 0.771 bits per heavy atom. The average Bonchev–Trinajstić information content (AvgIpc) is 2.92. The zero-order chi connectivity index (χ0) is 36.4. The van der Waals surface area contributed by atoms with Crippen LogP contribution in [0.5, 0.6) is 0 Å². The Labute approximate surface area is 285 Å². The van der Waals surface area contributed by atoms with Crippen molar-refractivity contribution in [3.63, 3.8) is 0 Å². The quantitative estimate of drug-likeness (QED) is 0.252. The molecule has 0 spiro atoms. The molecule has 0 N–H and O–H groups in total. The first kappa shape index (κ1) is 38.2. The Hall–Kier alpha value is -2.61. The Bertz CT molecular complexity index is 1180. The lowest BCUT2D eigenvalue weighted by atomic mass is 9.80. The van der Waals surface area contributed by atoms with Crippen molar-refractivity contribution in [2.45, 2.75) is 173 Å². The normalized spacial score (nSPS) is 26.1. The number of hydrogen-bond acceptors (Lipinski definition) is 9. The topological polar surface area (TPSA) is 148 Å². The van der Waals surface area contributed by atoms with Gasteiger partial charge in [0.05, 0.1) is 16.7 Å². The fraction of sp³-hybridized carbons (Fsp3) is 0.750. The van der Waals surface area contributed by atoms with Gasteiger partial charge in [0.2, 0.25) is 0 Å². The molecule has 3 saturated heterocycles. The van der Waals surface area contributed by atoms with E-state index in [9.17, 15) is 30.0 Å². The number of rotatable bonds is 6. The fourth-order valence-corrected chi connectivity index (χ4v) is 8.40. The summed E-state index contributed by atoms with van der Waals surface area (Å²) in [5.74, 6) is -2.25. The molecule has 48 heavy (non-hydrogen) atoms. The first-order valence-corrected chi connectivity index (χ1v) is 16.9. The highest BCUT2D eigenvalue weighted by Crippen LogP contribution is 2.41. The first-order chi connectivity index (χ1) is 21.7. The number of carbonyl (C=O) groups excluding carboxylic acids is 3. The molecule has 0 aliphatic carbocycles. The van der Waals surface area contributed by atoms with Crippen LogP contribution < -0.4 is 0 Å². The van der Waals surface area contributed by atoms with Gasteiger partial charge in [-0.15, -0.1) is 30.8 Å². The van der Waals surface area contributed by atoms with E-state index in [0.29, 0.717) is 38.5 Å². The summed E-state index contributed by atoms with van der Waals surface area (Å²) in [6.45, 7) is 21.6. The maximum absolute atomic E-state index is 13.7. The van der Waals surface area contributed by atoms with E-state index in [1.54, 1.807) is 83.1 Å². The highest BCUT2D eigenvalue weighted by molar-refractivity contribution is 6.00. The number of piperidine rings is 3. The van der Waals surface area contributed by atoms with Gasteiger partial charge in [-0.05, 0) is 101 Å². The summed E-state index contributed by atoms with van der Waals surface area (Å²) in [5, 5.41) is 41.7. The minimum atomic E-state index is -0.782. The zero-order valence-corrected chi connectivity index (χ0v) is 30.7. The van der Waals surface area contributed by atoms with Gasteiger partial charge in [-0.25, -0.2) is 14.4 Å². The largest absolute Gasteiger partial charge is 0.459 e. The number of ether oxygens (including phenoxy) is 3. The van der Waals surface area contributed by atoms with Gasteiger partial charge in [0.1, 0.15) is 18.3 Å². The summed E-state index contributed by atoms with van der Waals surface area (Å²) in [7, 11) is 0. The molecule has 12 heteroatoms. The van der Waals surface area contributed by atoms with E-state index in [-0.39, 0.29) is 16.7 Å². The number of hydroxylamine groups is 6. The SMILES string of the molecule is CC1(C)CC(OC(=O)c2cc(C(=O)OC3CC(C)(C)N([O])C(C)(C)C3)cc(C(=O)OC3CC(C)(C)N([O])C(C)(C)C3)c2)CC(C)(C)N1[O]. The van der Waals surface area contributed by atoms with Crippen LogP contribution in [0.3, 0.4) is 0 Å². The van der Waals surface area contributed by atoms with E-state index in [1.807, 2.05) is 0 Å². The number of carbonyl (C=O) groups is 3. The first-order valence-electron chi connectivity index (χ1n) is 16.9. The molecule has 0 aromatic heterocycles. The van der Waals surface area contributed by atoms with E-state index in [4.69, 9.17) is 14.2 Å². The van der Waals surface area contributed by atoms with Gasteiger partial charge in [-0.1, -0.05) is 0 Å². The average molecular weight is 673 g/mol. The van der Waals surface area contributed by atoms with Gasteiger partial charge in [-0.2, -0.15) is 0 Å². The van der Waals surface area contributed by atoms with Gasteiger partial charge in [0, 0.05) is 71.8 Å². The van der Waals surface area contributed by atoms with Crippen molar-refractivity contribution in [3.8, 4) is 0 Å². The van der Waals surface area contributed by atoms with E-state index in [1.165, 1.54) is 18.2 Å². The van der Waals surface area contributed by atoms with Crippen LogP contribution in [0.2, 0.25) is 0 Å². The molecule has 3 fully saturated rings. The van der Waals surface area contributed by atoms with E-state index in [2.05, 4.69) is 0 Å². The third-order valence-corrected chi connectivity index (χ3v) is 10.1. The van der Waals surface area contributed by atoms with Crippen molar-refractivity contribution in [2.75, 3.05) is 0 Å². The molecular weight excluding hydrogens is 618 g/mol. The van der Waals surface area contributed by atoms with E-state index < -0.39 is 69.5 Å². The summed E-state index contributed by atoms with van der Waals surface area (Å²) in [6, 6.07) is 4.00. The number of nitrogens with zero attached hydrogens (tertiary/aromatic N) is 3. The third-order valence-electron chi connectivity index (χ3n) is 10.1. The standard InChI is InChI=1S/C36H54N3O9/c1-31(2)16-25(17-32(3,4)37(31)43)46-28(40)22-13-23(29(41)47-26-18-33(5,6)38(44)34(7,8)19-26)15-24(14-22)30(42)48-27-20-35(9,10)39(45)36(11,12)21-27/h13-15,25-27H,16-21H2,1-12H3. The Morgan fingerprint density at radius 1 is 0.438 bits per heavy atom. The number of esters is 3. The molecule has 12 nitrogen and oxygen atoms in total. The molecular formula is C36H54N3O9. The molecule has 0 amide bonds. The minimum Gasteiger partial charge on any atom is -0.459 e. The van der Waals surface area contributed by atoms with Crippen LogP contribution in [0.4, 0.5) is 0 Å². The van der Waals surface area contributed by atoms with Crippen molar-refractivity contribution in [2.24, 2.45) is 0 Å². The molecule has 1 aromatic rings.